The van der Waals surface area contributed by atoms with Crippen LogP contribution in [0.2, 0.25) is 0 Å². The van der Waals surface area contributed by atoms with Crippen molar-refractivity contribution in [2.24, 2.45) is 5.92 Å². The molecule has 1 aliphatic heterocycles. The van der Waals surface area contributed by atoms with Crippen molar-refractivity contribution in [2.75, 3.05) is 0 Å². The van der Waals surface area contributed by atoms with Crippen molar-refractivity contribution >= 4 is 29.1 Å². The molecule has 3 rings (SSSR count). The second-order valence-electron chi connectivity index (χ2n) is 4.64. The molecule has 17 heavy (non-hydrogen) atoms. The Balaban J connectivity index is 1.98. The molecule has 3 aliphatic rings. The van der Waals surface area contributed by atoms with E-state index in [0.717, 1.165) is 16.9 Å². The summed E-state index contributed by atoms with van der Waals surface area (Å²) in [6.45, 7) is 2.04. The van der Waals surface area contributed by atoms with E-state index in [4.69, 9.17) is 11.6 Å². The maximum Gasteiger partial charge on any atom is 0.171 e. The average molecular weight is 265 g/mol. The van der Waals surface area contributed by atoms with E-state index in [1.807, 2.05) is 19.1 Å². The van der Waals surface area contributed by atoms with E-state index in [9.17, 15) is 4.79 Å². The van der Waals surface area contributed by atoms with Crippen LogP contribution >= 0.6 is 23.4 Å². The summed E-state index contributed by atoms with van der Waals surface area (Å²) in [6, 6.07) is 0. The van der Waals surface area contributed by atoms with E-state index in [1.54, 1.807) is 11.8 Å². The van der Waals surface area contributed by atoms with E-state index < -0.39 is 0 Å². The summed E-state index contributed by atoms with van der Waals surface area (Å²) < 4.78 is 0. The summed E-state index contributed by atoms with van der Waals surface area (Å²) >= 11 is 7.87. The average Bonchev–Trinajstić information content (AvgIpc) is 2.30. The minimum absolute atomic E-state index is 0.0141. The van der Waals surface area contributed by atoms with Crippen molar-refractivity contribution < 1.29 is 4.79 Å². The fraction of sp³-hybridized carbons (Fsp3) is 0.357. The van der Waals surface area contributed by atoms with Crippen LogP contribution in [0.3, 0.4) is 0 Å². The number of carbonyl (C=O) groups excluding carboxylic acids is 1. The molecule has 0 saturated carbocycles. The van der Waals surface area contributed by atoms with Gasteiger partial charge in [0.05, 0.1) is 11.3 Å². The largest absolute Gasteiger partial charge is 0.293 e. The van der Waals surface area contributed by atoms with Gasteiger partial charge in [0.25, 0.3) is 0 Å². The number of fused-ring (bicyclic) bond motifs is 2. The van der Waals surface area contributed by atoms with Crippen LogP contribution in [0, 0.1) is 5.92 Å². The molecule has 2 aliphatic carbocycles. The number of allylic oxidation sites excluding steroid dienone is 6. The van der Waals surface area contributed by atoms with Crippen molar-refractivity contribution in [1.29, 1.82) is 0 Å². The van der Waals surface area contributed by atoms with E-state index in [-0.39, 0.29) is 22.3 Å². The van der Waals surface area contributed by atoms with E-state index in [1.165, 1.54) is 5.57 Å². The second-order valence-corrected chi connectivity index (χ2v) is 6.42. The lowest BCUT2D eigenvalue weighted by Crippen LogP contribution is -2.32. The number of thioether (sulfide) groups is 1. The molecule has 1 fully saturated rings. The number of alkyl halides is 1. The van der Waals surface area contributed by atoms with Gasteiger partial charge in [0.15, 0.2) is 5.78 Å². The maximum absolute atomic E-state index is 12.4. The number of hydrogen-bond acceptors (Lipinski definition) is 2. The SMILES string of the molecule is CC1=CC2C(=O)C3=CCC(Cl)C=C3SC2C=C1. The third-order valence-corrected chi connectivity index (χ3v) is 4.96. The number of carbonyl (C=O) groups is 1. The van der Waals surface area contributed by atoms with Crippen LogP contribution in [0.5, 0.6) is 0 Å². The molecule has 0 radical (unpaired) electrons. The molecule has 88 valence electrons. The minimum atomic E-state index is 0.0141. The summed E-state index contributed by atoms with van der Waals surface area (Å²) in [6.07, 6.45) is 11.1. The number of rotatable bonds is 0. The third-order valence-electron chi connectivity index (χ3n) is 3.32. The molecule has 1 nitrogen and oxygen atoms in total. The fourth-order valence-electron chi connectivity index (χ4n) is 2.44. The zero-order valence-corrected chi connectivity index (χ0v) is 11.1. The van der Waals surface area contributed by atoms with Gasteiger partial charge in [0.1, 0.15) is 0 Å². The van der Waals surface area contributed by atoms with Crippen LogP contribution in [-0.4, -0.2) is 16.4 Å². The standard InChI is InChI=1S/C14H13ClOS/c1-8-2-5-12-11(6-8)14(16)10-4-3-9(15)7-13(10)17-12/h2,4-7,9,11-12H,3H2,1H3. The molecule has 3 atom stereocenters. The molecular formula is C14H13ClOS. The summed E-state index contributed by atoms with van der Waals surface area (Å²) in [5.41, 5.74) is 2.06. The first-order chi connectivity index (χ1) is 8.15. The second kappa shape index (κ2) is 4.18. The first-order valence-electron chi connectivity index (χ1n) is 5.79. The molecule has 0 amide bonds. The van der Waals surface area contributed by atoms with Crippen LogP contribution in [0.1, 0.15) is 13.3 Å². The van der Waals surface area contributed by atoms with Crippen LogP contribution in [0.4, 0.5) is 0 Å². The first-order valence-corrected chi connectivity index (χ1v) is 7.10. The van der Waals surface area contributed by atoms with Crippen molar-refractivity contribution in [3.63, 3.8) is 0 Å². The molecule has 0 aromatic carbocycles. The third kappa shape index (κ3) is 1.94. The minimum Gasteiger partial charge on any atom is -0.293 e. The Morgan fingerprint density at radius 1 is 1.41 bits per heavy atom. The molecule has 1 saturated heterocycles. The van der Waals surface area contributed by atoms with Crippen molar-refractivity contribution in [2.45, 2.75) is 24.0 Å². The number of halogens is 1. The lowest BCUT2D eigenvalue weighted by molar-refractivity contribution is -0.117. The monoisotopic (exact) mass is 264 g/mol. The molecule has 0 bridgehead atoms. The van der Waals surface area contributed by atoms with Crippen LogP contribution in [0.25, 0.3) is 0 Å². The van der Waals surface area contributed by atoms with E-state index in [0.29, 0.717) is 0 Å². The highest BCUT2D eigenvalue weighted by molar-refractivity contribution is 8.04. The molecular weight excluding hydrogens is 252 g/mol. The summed E-state index contributed by atoms with van der Waals surface area (Å²) in [5.74, 6) is 0.271. The number of hydrogen-bond donors (Lipinski definition) is 0. The van der Waals surface area contributed by atoms with Crippen LogP contribution in [-0.2, 0) is 4.79 Å². The summed E-state index contributed by atoms with van der Waals surface area (Å²) in [4.78, 5) is 13.5. The van der Waals surface area contributed by atoms with Crippen LogP contribution in [0.15, 0.2) is 46.4 Å². The van der Waals surface area contributed by atoms with E-state index in [2.05, 4.69) is 18.2 Å². The van der Waals surface area contributed by atoms with Gasteiger partial charge in [-0.15, -0.1) is 23.4 Å². The quantitative estimate of drug-likeness (QED) is 0.622. The lowest BCUT2D eigenvalue weighted by Gasteiger charge is -2.33. The van der Waals surface area contributed by atoms with Gasteiger partial charge in [-0.3, -0.25) is 4.79 Å². The Bertz CT molecular complexity index is 498. The predicted octanol–water partition coefficient (Wildman–Crippen LogP) is 3.62. The molecule has 0 spiro atoms. The van der Waals surface area contributed by atoms with E-state index >= 15 is 0 Å². The van der Waals surface area contributed by atoms with Gasteiger partial charge < -0.3 is 0 Å². The molecule has 0 aromatic rings. The topological polar surface area (TPSA) is 17.1 Å². The highest BCUT2D eigenvalue weighted by atomic mass is 35.5. The molecule has 3 unspecified atom stereocenters. The highest BCUT2D eigenvalue weighted by Crippen LogP contribution is 2.45. The maximum atomic E-state index is 12.4. The summed E-state index contributed by atoms with van der Waals surface area (Å²) in [7, 11) is 0. The zero-order chi connectivity index (χ0) is 12.0. The van der Waals surface area contributed by atoms with Gasteiger partial charge >= 0.3 is 0 Å². The number of ketones is 1. The van der Waals surface area contributed by atoms with Crippen molar-refractivity contribution in [1.82, 2.24) is 0 Å². The lowest BCUT2D eigenvalue weighted by atomic mass is 9.86. The Kier molecular flexibility index (Phi) is 2.80. The Morgan fingerprint density at radius 2 is 2.24 bits per heavy atom. The summed E-state index contributed by atoms with van der Waals surface area (Å²) in [5, 5.41) is 0.284. The van der Waals surface area contributed by atoms with Gasteiger partial charge in [-0.25, -0.2) is 0 Å². The van der Waals surface area contributed by atoms with Crippen LogP contribution < -0.4 is 0 Å². The zero-order valence-electron chi connectivity index (χ0n) is 9.52. The van der Waals surface area contributed by atoms with Gasteiger partial charge in [-0.1, -0.05) is 36.0 Å². The van der Waals surface area contributed by atoms with Crippen molar-refractivity contribution in [3.05, 3.63) is 46.4 Å². The highest BCUT2D eigenvalue weighted by Gasteiger charge is 2.37. The van der Waals surface area contributed by atoms with Gasteiger partial charge in [0, 0.05) is 15.7 Å². The fourth-order valence-corrected chi connectivity index (χ4v) is 4.08. The van der Waals surface area contributed by atoms with Gasteiger partial charge in [-0.2, -0.15) is 0 Å². The molecule has 3 heteroatoms. The predicted molar refractivity (Wildman–Crippen MR) is 73.2 cm³/mol. The van der Waals surface area contributed by atoms with Gasteiger partial charge in [0.2, 0.25) is 0 Å². The Hall–Kier alpha value is -0.730. The normalized spacial score (nSPS) is 35.5. The Labute approximate surface area is 110 Å². The first kappa shape index (κ1) is 11.4. The van der Waals surface area contributed by atoms with Gasteiger partial charge in [-0.05, 0) is 13.3 Å². The number of Topliss-reactive ketones (excluding diaryl/α,β-unsaturated/α-hetero) is 1. The molecule has 0 aromatic heterocycles. The molecule has 1 heterocycles. The van der Waals surface area contributed by atoms with Crippen molar-refractivity contribution in [3.8, 4) is 0 Å². The Morgan fingerprint density at radius 3 is 3.06 bits per heavy atom. The smallest absolute Gasteiger partial charge is 0.171 e. The molecule has 0 N–H and O–H groups in total.